The average molecular weight is 244 g/mol. The Bertz CT molecular complexity index is 219. The Labute approximate surface area is 103 Å². The van der Waals surface area contributed by atoms with Crippen molar-refractivity contribution >= 4 is 16.9 Å². The summed E-state index contributed by atoms with van der Waals surface area (Å²) in [6, 6.07) is 0. The molecule has 0 saturated heterocycles. The minimum absolute atomic E-state index is 0.696. The van der Waals surface area contributed by atoms with E-state index >= 15 is 0 Å². The summed E-state index contributed by atoms with van der Waals surface area (Å²) in [6.07, 6.45) is 3.54. The Balaban J connectivity index is 2.02. The standard InChI is InChI=1S/C12H24N2OS/c1-10(2)8-11-9-14-12(16-11)13-6-4-5-7-15-3/h10-11H,4-9H2,1-3H3,(H,13,14). The first-order chi connectivity index (χ1) is 7.72. The van der Waals surface area contributed by atoms with Gasteiger partial charge in [0.2, 0.25) is 0 Å². The van der Waals surface area contributed by atoms with Gasteiger partial charge in [-0.3, -0.25) is 4.99 Å². The first-order valence-corrected chi connectivity index (χ1v) is 7.04. The van der Waals surface area contributed by atoms with Gasteiger partial charge in [-0.15, -0.1) is 0 Å². The van der Waals surface area contributed by atoms with Crippen molar-refractivity contribution in [3.05, 3.63) is 0 Å². The summed E-state index contributed by atoms with van der Waals surface area (Å²) < 4.78 is 5.01. The molecule has 0 fully saturated rings. The van der Waals surface area contributed by atoms with Crippen molar-refractivity contribution in [2.45, 2.75) is 38.4 Å². The molecule has 0 aromatic carbocycles. The smallest absolute Gasteiger partial charge is 0.156 e. The van der Waals surface area contributed by atoms with Crippen LogP contribution in [0.25, 0.3) is 0 Å². The molecule has 1 rings (SSSR count). The minimum Gasteiger partial charge on any atom is -0.385 e. The van der Waals surface area contributed by atoms with Crippen LogP contribution in [0.4, 0.5) is 0 Å². The molecule has 0 aromatic heterocycles. The van der Waals surface area contributed by atoms with E-state index in [0.29, 0.717) is 5.25 Å². The highest BCUT2D eigenvalue weighted by Crippen LogP contribution is 2.25. The van der Waals surface area contributed by atoms with E-state index in [0.717, 1.165) is 43.6 Å². The third-order valence-electron chi connectivity index (χ3n) is 2.50. The number of hydrogen-bond acceptors (Lipinski definition) is 4. The number of methoxy groups -OCH3 is 1. The number of nitrogens with zero attached hydrogens (tertiary/aromatic N) is 1. The molecular weight excluding hydrogens is 220 g/mol. The summed E-state index contributed by atoms with van der Waals surface area (Å²) in [5, 5.41) is 5.24. The van der Waals surface area contributed by atoms with Crippen LogP contribution in [0.1, 0.15) is 33.1 Å². The van der Waals surface area contributed by atoms with Gasteiger partial charge in [0.05, 0.1) is 6.54 Å². The lowest BCUT2D eigenvalue weighted by atomic mass is 10.1. The number of nitrogens with one attached hydrogen (secondary N) is 1. The number of unbranched alkanes of at least 4 members (excludes halogenated alkanes) is 1. The van der Waals surface area contributed by atoms with Crippen LogP contribution in [0.5, 0.6) is 0 Å². The molecule has 1 heterocycles. The molecule has 0 aromatic rings. The Morgan fingerprint density at radius 3 is 3.00 bits per heavy atom. The molecule has 1 aliphatic rings. The topological polar surface area (TPSA) is 33.6 Å². The minimum atomic E-state index is 0.696. The summed E-state index contributed by atoms with van der Waals surface area (Å²) in [6.45, 7) is 7.41. The van der Waals surface area contributed by atoms with Gasteiger partial charge in [-0.05, 0) is 25.2 Å². The van der Waals surface area contributed by atoms with Gasteiger partial charge in [-0.2, -0.15) is 0 Å². The molecule has 0 amide bonds. The summed E-state index contributed by atoms with van der Waals surface area (Å²) >= 11 is 1.91. The third kappa shape index (κ3) is 5.75. The van der Waals surface area contributed by atoms with Crippen LogP contribution in [-0.4, -0.2) is 37.2 Å². The second-order valence-electron chi connectivity index (χ2n) is 4.64. The first-order valence-electron chi connectivity index (χ1n) is 6.16. The zero-order valence-electron chi connectivity index (χ0n) is 10.7. The molecular formula is C12H24N2OS. The molecule has 1 atom stereocenters. The van der Waals surface area contributed by atoms with E-state index in [1.54, 1.807) is 7.11 Å². The maximum Gasteiger partial charge on any atom is 0.156 e. The zero-order chi connectivity index (χ0) is 11.8. The van der Waals surface area contributed by atoms with E-state index in [1.165, 1.54) is 6.42 Å². The van der Waals surface area contributed by atoms with Gasteiger partial charge in [0, 0.05) is 25.5 Å². The van der Waals surface area contributed by atoms with Gasteiger partial charge in [0.25, 0.3) is 0 Å². The summed E-state index contributed by atoms with van der Waals surface area (Å²) in [4.78, 5) is 4.53. The fraction of sp³-hybridized carbons (Fsp3) is 0.917. The Morgan fingerprint density at radius 2 is 2.31 bits per heavy atom. The van der Waals surface area contributed by atoms with Crippen molar-refractivity contribution < 1.29 is 4.74 Å². The summed E-state index contributed by atoms with van der Waals surface area (Å²) in [5.41, 5.74) is 0. The van der Waals surface area contributed by atoms with Crippen LogP contribution >= 0.6 is 11.8 Å². The third-order valence-corrected chi connectivity index (χ3v) is 3.67. The van der Waals surface area contributed by atoms with Gasteiger partial charge in [0.1, 0.15) is 0 Å². The van der Waals surface area contributed by atoms with E-state index < -0.39 is 0 Å². The molecule has 1 aliphatic heterocycles. The van der Waals surface area contributed by atoms with Gasteiger partial charge in [0.15, 0.2) is 5.17 Å². The van der Waals surface area contributed by atoms with Crippen molar-refractivity contribution in [2.24, 2.45) is 10.9 Å². The van der Waals surface area contributed by atoms with Gasteiger partial charge in [-0.25, -0.2) is 0 Å². The van der Waals surface area contributed by atoms with Crippen LogP contribution in [0.3, 0.4) is 0 Å². The monoisotopic (exact) mass is 244 g/mol. The van der Waals surface area contributed by atoms with Crippen LogP contribution in [-0.2, 0) is 4.74 Å². The molecule has 16 heavy (non-hydrogen) atoms. The maximum absolute atomic E-state index is 5.01. The largest absolute Gasteiger partial charge is 0.385 e. The number of ether oxygens (including phenoxy) is 1. The molecule has 1 N–H and O–H groups in total. The molecule has 0 bridgehead atoms. The van der Waals surface area contributed by atoms with Gasteiger partial charge >= 0.3 is 0 Å². The Kier molecular flexibility index (Phi) is 6.88. The second kappa shape index (κ2) is 7.96. The number of aliphatic imine (C=N–C) groups is 1. The fourth-order valence-corrected chi connectivity index (χ4v) is 3.01. The number of rotatable bonds is 7. The highest BCUT2D eigenvalue weighted by Gasteiger charge is 2.19. The fourth-order valence-electron chi connectivity index (χ4n) is 1.73. The lowest BCUT2D eigenvalue weighted by molar-refractivity contribution is 0.193. The number of hydrogen-bond donors (Lipinski definition) is 1. The highest BCUT2D eigenvalue weighted by molar-refractivity contribution is 8.14. The molecule has 94 valence electrons. The Morgan fingerprint density at radius 1 is 1.50 bits per heavy atom. The molecule has 0 spiro atoms. The van der Waals surface area contributed by atoms with E-state index in [-0.39, 0.29) is 0 Å². The normalized spacial score (nSPS) is 20.2. The van der Waals surface area contributed by atoms with E-state index in [2.05, 4.69) is 24.2 Å². The lowest BCUT2D eigenvalue weighted by Gasteiger charge is -2.11. The van der Waals surface area contributed by atoms with Crippen molar-refractivity contribution in [1.82, 2.24) is 5.32 Å². The molecule has 3 nitrogen and oxygen atoms in total. The molecule has 0 radical (unpaired) electrons. The van der Waals surface area contributed by atoms with E-state index in [4.69, 9.17) is 4.74 Å². The van der Waals surface area contributed by atoms with E-state index in [1.807, 2.05) is 11.8 Å². The molecule has 0 aliphatic carbocycles. The zero-order valence-corrected chi connectivity index (χ0v) is 11.5. The van der Waals surface area contributed by atoms with Gasteiger partial charge in [-0.1, -0.05) is 25.6 Å². The summed E-state index contributed by atoms with van der Waals surface area (Å²) in [5.74, 6) is 0.772. The van der Waals surface area contributed by atoms with Crippen molar-refractivity contribution in [3.8, 4) is 0 Å². The molecule has 0 saturated carbocycles. The van der Waals surface area contributed by atoms with Crippen molar-refractivity contribution in [2.75, 3.05) is 26.8 Å². The van der Waals surface area contributed by atoms with Gasteiger partial charge < -0.3 is 10.1 Å². The van der Waals surface area contributed by atoms with Crippen LogP contribution < -0.4 is 5.32 Å². The van der Waals surface area contributed by atoms with Crippen LogP contribution in [0, 0.1) is 5.92 Å². The van der Waals surface area contributed by atoms with Crippen LogP contribution in [0.15, 0.2) is 4.99 Å². The average Bonchev–Trinajstić information content (AvgIpc) is 2.64. The number of thioether (sulfide) groups is 1. The highest BCUT2D eigenvalue weighted by atomic mass is 32.2. The first kappa shape index (κ1) is 13.8. The number of amidine groups is 1. The Hall–Kier alpha value is -0.220. The summed E-state index contributed by atoms with van der Waals surface area (Å²) in [7, 11) is 1.75. The van der Waals surface area contributed by atoms with E-state index in [9.17, 15) is 0 Å². The molecule has 4 heteroatoms. The second-order valence-corrected chi connectivity index (χ2v) is 5.93. The van der Waals surface area contributed by atoms with Crippen molar-refractivity contribution in [1.29, 1.82) is 0 Å². The van der Waals surface area contributed by atoms with Crippen molar-refractivity contribution in [3.63, 3.8) is 0 Å². The maximum atomic E-state index is 5.01. The SMILES string of the molecule is COCCCCNC1=NCC(CC(C)C)S1. The van der Waals surface area contributed by atoms with Crippen LogP contribution in [0.2, 0.25) is 0 Å². The lowest BCUT2D eigenvalue weighted by Crippen LogP contribution is -2.21. The predicted octanol–water partition coefficient (Wildman–Crippen LogP) is 2.52. The quantitative estimate of drug-likeness (QED) is 0.699. The predicted molar refractivity (Wildman–Crippen MR) is 72.2 cm³/mol. The molecule has 1 unspecified atom stereocenters.